The van der Waals surface area contributed by atoms with Gasteiger partial charge in [-0.25, -0.2) is 9.97 Å². The molecular formula is C12H15N3O. The minimum absolute atomic E-state index is 0.0492. The molecule has 2 rings (SSSR count). The predicted molar refractivity (Wildman–Crippen MR) is 61.1 cm³/mol. The predicted octanol–water partition coefficient (Wildman–Crippen LogP) is 1.66. The van der Waals surface area contributed by atoms with E-state index < -0.39 is 0 Å². The third-order valence-electron chi connectivity index (χ3n) is 2.56. The van der Waals surface area contributed by atoms with Crippen LogP contribution in [0.25, 0.3) is 0 Å². The zero-order valence-electron chi connectivity index (χ0n) is 9.31. The summed E-state index contributed by atoms with van der Waals surface area (Å²) in [6.45, 7) is 5.48. The largest absolute Gasteiger partial charge is 0.345 e. The molecule has 1 atom stereocenters. The lowest BCUT2D eigenvalue weighted by Crippen LogP contribution is -2.31. The van der Waals surface area contributed by atoms with Crippen molar-refractivity contribution in [1.82, 2.24) is 15.3 Å². The average molecular weight is 217 g/mol. The van der Waals surface area contributed by atoms with E-state index in [1.54, 1.807) is 18.3 Å². The van der Waals surface area contributed by atoms with Gasteiger partial charge in [-0.1, -0.05) is 6.08 Å². The molecule has 1 saturated carbocycles. The minimum atomic E-state index is -0.170. The van der Waals surface area contributed by atoms with Crippen molar-refractivity contribution in [3.8, 4) is 0 Å². The van der Waals surface area contributed by atoms with Crippen LogP contribution in [0.2, 0.25) is 0 Å². The van der Waals surface area contributed by atoms with Crippen molar-refractivity contribution in [2.45, 2.75) is 31.7 Å². The second kappa shape index (κ2) is 4.43. The van der Waals surface area contributed by atoms with Crippen molar-refractivity contribution in [1.29, 1.82) is 0 Å². The SMILES string of the molecule is C=CC(C)NC(=O)c1ccnc(C2CC2)n1. The Labute approximate surface area is 94.8 Å². The molecule has 4 heteroatoms. The maximum Gasteiger partial charge on any atom is 0.270 e. The summed E-state index contributed by atoms with van der Waals surface area (Å²) in [5.41, 5.74) is 0.436. The summed E-state index contributed by atoms with van der Waals surface area (Å²) < 4.78 is 0. The molecule has 84 valence electrons. The first-order chi connectivity index (χ1) is 7.70. The van der Waals surface area contributed by atoms with Gasteiger partial charge in [0, 0.05) is 18.2 Å². The fourth-order valence-electron chi connectivity index (χ4n) is 1.38. The lowest BCUT2D eigenvalue weighted by Gasteiger charge is -2.08. The molecule has 0 spiro atoms. The molecule has 0 aliphatic heterocycles. The highest BCUT2D eigenvalue weighted by Crippen LogP contribution is 2.37. The standard InChI is InChI=1S/C12H15N3O/c1-3-8(2)14-12(16)10-6-7-13-11(15-10)9-4-5-9/h3,6-9H,1,4-5H2,2H3,(H,14,16). The molecule has 1 aliphatic rings. The first-order valence-electron chi connectivity index (χ1n) is 5.47. The number of amides is 1. The van der Waals surface area contributed by atoms with Crippen LogP contribution in [0.15, 0.2) is 24.9 Å². The summed E-state index contributed by atoms with van der Waals surface area (Å²) in [6, 6.07) is 1.59. The normalized spacial score (nSPS) is 16.6. The van der Waals surface area contributed by atoms with Gasteiger partial charge in [0.1, 0.15) is 11.5 Å². The molecule has 16 heavy (non-hydrogen) atoms. The van der Waals surface area contributed by atoms with Gasteiger partial charge in [0.15, 0.2) is 0 Å². The third-order valence-corrected chi connectivity index (χ3v) is 2.56. The average Bonchev–Trinajstić information content (AvgIpc) is 3.13. The number of carbonyl (C=O) groups is 1. The summed E-state index contributed by atoms with van der Waals surface area (Å²) in [5, 5.41) is 2.79. The van der Waals surface area contributed by atoms with E-state index in [0.29, 0.717) is 11.6 Å². The molecule has 1 aromatic heterocycles. The van der Waals surface area contributed by atoms with Crippen LogP contribution in [0, 0.1) is 0 Å². The monoisotopic (exact) mass is 217 g/mol. The Morgan fingerprint density at radius 3 is 3.06 bits per heavy atom. The molecule has 0 saturated heterocycles. The Morgan fingerprint density at radius 2 is 2.44 bits per heavy atom. The smallest absolute Gasteiger partial charge is 0.270 e. The number of nitrogens with one attached hydrogen (secondary N) is 1. The van der Waals surface area contributed by atoms with Crippen LogP contribution in [0.4, 0.5) is 0 Å². The lowest BCUT2D eigenvalue weighted by atomic mass is 10.3. The fraction of sp³-hybridized carbons (Fsp3) is 0.417. The van der Waals surface area contributed by atoms with E-state index in [9.17, 15) is 4.79 Å². The molecule has 0 aromatic carbocycles. The van der Waals surface area contributed by atoms with Gasteiger partial charge in [-0.3, -0.25) is 4.79 Å². The number of hydrogen-bond donors (Lipinski definition) is 1. The molecule has 0 bridgehead atoms. The van der Waals surface area contributed by atoms with Gasteiger partial charge in [0.25, 0.3) is 5.91 Å². The molecule has 1 unspecified atom stereocenters. The van der Waals surface area contributed by atoms with Crippen LogP contribution in [-0.4, -0.2) is 21.9 Å². The highest BCUT2D eigenvalue weighted by Gasteiger charge is 2.27. The third kappa shape index (κ3) is 2.45. The van der Waals surface area contributed by atoms with Crippen molar-refractivity contribution in [3.05, 3.63) is 36.4 Å². The number of aromatic nitrogens is 2. The second-order valence-electron chi connectivity index (χ2n) is 4.07. The Morgan fingerprint density at radius 1 is 1.69 bits per heavy atom. The maximum atomic E-state index is 11.8. The first-order valence-corrected chi connectivity index (χ1v) is 5.47. The summed E-state index contributed by atoms with van der Waals surface area (Å²) >= 11 is 0. The minimum Gasteiger partial charge on any atom is -0.345 e. The zero-order chi connectivity index (χ0) is 11.5. The van der Waals surface area contributed by atoms with E-state index in [0.717, 1.165) is 18.7 Å². The van der Waals surface area contributed by atoms with Gasteiger partial charge in [0.2, 0.25) is 0 Å². The number of hydrogen-bond acceptors (Lipinski definition) is 3. The molecular weight excluding hydrogens is 202 g/mol. The summed E-state index contributed by atoms with van der Waals surface area (Å²) in [6.07, 6.45) is 5.59. The van der Waals surface area contributed by atoms with Crippen LogP contribution in [0.3, 0.4) is 0 Å². The topological polar surface area (TPSA) is 54.9 Å². The Bertz CT molecular complexity index is 412. The second-order valence-corrected chi connectivity index (χ2v) is 4.07. The van der Waals surface area contributed by atoms with E-state index in [1.807, 2.05) is 6.92 Å². The quantitative estimate of drug-likeness (QED) is 0.780. The van der Waals surface area contributed by atoms with E-state index in [-0.39, 0.29) is 11.9 Å². The fourth-order valence-corrected chi connectivity index (χ4v) is 1.38. The van der Waals surface area contributed by atoms with E-state index in [1.165, 1.54) is 0 Å². The van der Waals surface area contributed by atoms with Crippen molar-refractivity contribution in [2.75, 3.05) is 0 Å². The zero-order valence-corrected chi connectivity index (χ0v) is 9.31. The van der Waals surface area contributed by atoms with E-state index in [2.05, 4.69) is 21.9 Å². The maximum absolute atomic E-state index is 11.8. The van der Waals surface area contributed by atoms with E-state index >= 15 is 0 Å². The highest BCUT2D eigenvalue weighted by molar-refractivity contribution is 5.92. The number of rotatable bonds is 4. The Kier molecular flexibility index (Phi) is 2.99. The Hall–Kier alpha value is -1.71. The van der Waals surface area contributed by atoms with Crippen LogP contribution in [0.1, 0.15) is 42.0 Å². The van der Waals surface area contributed by atoms with E-state index in [4.69, 9.17) is 0 Å². The summed E-state index contributed by atoms with van der Waals surface area (Å²) in [7, 11) is 0. The summed E-state index contributed by atoms with van der Waals surface area (Å²) in [4.78, 5) is 20.2. The molecule has 1 amide bonds. The van der Waals surface area contributed by atoms with Gasteiger partial charge in [0.05, 0.1) is 0 Å². The molecule has 1 aliphatic carbocycles. The van der Waals surface area contributed by atoms with Crippen LogP contribution in [-0.2, 0) is 0 Å². The number of nitrogens with zero attached hydrogens (tertiary/aromatic N) is 2. The van der Waals surface area contributed by atoms with Gasteiger partial charge >= 0.3 is 0 Å². The van der Waals surface area contributed by atoms with Gasteiger partial charge in [-0.15, -0.1) is 6.58 Å². The van der Waals surface area contributed by atoms with Crippen LogP contribution >= 0.6 is 0 Å². The molecule has 0 radical (unpaired) electrons. The first kappa shape index (κ1) is 10.8. The lowest BCUT2D eigenvalue weighted by molar-refractivity contribution is 0.0941. The van der Waals surface area contributed by atoms with Crippen molar-refractivity contribution in [3.63, 3.8) is 0 Å². The summed E-state index contributed by atoms with van der Waals surface area (Å²) in [5.74, 6) is 1.08. The molecule has 4 nitrogen and oxygen atoms in total. The molecule has 1 fully saturated rings. The van der Waals surface area contributed by atoms with Gasteiger partial charge in [-0.05, 0) is 25.8 Å². The molecule has 1 aromatic rings. The van der Waals surface area contributed by atoms with Gasteiger partial charge in [-0.2, -0.15) is 0 Å². The highest BCUT2D eigenvalue weighted by atomic mass is 16.1. The van der Waals surface area contributed by atoms with Crippen molar-refractivity contribution >= 4 is 5.91 Å². The van der Waals surface area contributed by atoms with Crippen molar-refractivity contribution in [2.24, 2.45) is 0 Å². The van der Waals surface area contributed by atoms with Crippen LogP contribution < -0.4 is 5.32 Å². The van der Waals surface area contributed by atoms with Crippen molar-refractivity contribution < 1.29 is 4.79 Å². The van der Waals surface area contributed by atoms with Crippen LogP contribution in [0.5, 0.6) is 0 Å². The van der Waals surface area contributed by atoms with Gasteiger partial charge < -0.3 is 5.32 Å². The molecule has 1 N–H and O–H groups in total. The molecule has 1 heterocycles. The Balaban J connectivity index is 2.10. The number of carbonyl (C=O) groups excluding carboxylic acids is 1.